The van der Waals surface area contributed by atoms with E-state index in [0.29, 0.717) is 33.2 Å². The van der Waals surface area contributed by atoms with Crippen LogP contribution >= 0.6 is 46.4 Å². The molecule has 0 unspecified atom stereocenters. The van der Waals surface area contributed by atoms with E-state index < -0.39 is 11.9 Å². The minimum absolute atomic E-state index is 0.00934. The minimum Gasteiger partial charge on any atom is -0.476 e. The molecule has 35 heavy (non-hydrogen) atoms. The number of ether oxygens (including phenoxy) is 1. The van der Waals surface area contributed by atoms with Gasteiger partial charge >= 0.3 is 11.9 Å². The summed E-state index contributed by atoms with van der Waals surface area (Å²) >= 11 is 23.7. The zero-order valence-electron chi connectivity index (χ0n) is 18.2. The van der Waals surface area contributed by atoms with Crippen molar-refractivity contribution in [3.63, 3.8) is 0 Å². The first-order valence-electron chi connectivity index (χ1n) is 9.92. The quantitative estimate of drug-likeness (QED) is 0.295. The number of nitrogens with zero attached hydrogens (tertiary/aromatic N) is 4. The lowest BCUT2D eigenvalue weighted by Crippen LogP contribution is -2.06. The number of aromatic nitrogens is 4. The molecule has 4 rings (SSSR count). The Bertz CT molecular complexity index is 1350. The summed E-state index contributed by atoms with van der Waals surface area (Å²) in [5, 5.41) is 19.0. The molecule has 0 aliphatic carbocycles. The highest BCUT2D eigenvalue weighted by molar-refractivity contribution is 6.35. The van der Waals surface area contributed by atoms with Gasteiger partial charge in [-0.05, 0) is 47.5 Å². The number of halogens is 4. The largest absolute Gasteiger partial charge is 0.476 e. The molecule has 0 amide bonds. The van der Waals surface area contributed by atoms with Gasteiger partial charge in [-0.15, -0.1) is 0 Å². The maximum absolute atomic E-state index is 11.2. The van der Waals surface area contributed by atoms with Crippen molar-refractivity contribution < 1.29 is 19.4 Å². The van der Waals surface area contributed by atoms with Gasteiger partial charge in [-0.3, -0.25) is 9.36 Å². The molecular weight excluding hydrogens is 538 g/mol. The Morgan fingerprint density at radius 2 is 1.26 bits per heavy atom. The molecule has 0 saturated carbocycles. The summed E-state index contributed by atoms with van der Waals surface area (Å²) in [4.78, 5) is 21.9. The number of carbonyl (C=O) groups is 2. The first kappa shape index (κ1) is 26.6. The van der Waals surface area contributed by atoms with E-state index >= 15 is 0 Å². The van der Waals surface area contributed by atoms with Gasteiger partial charge in [-0.2, -0.15) is 10.2 Å². The van der Waals surface area contributed by atoms with Gasteiger partial charge in [0.2, 0.25) is 0 Å². The van der Waals surface area contributed by atoms with Crippen LogP contribution in [0.25, 0.3) is 0 Å². The van der Waals surface area contributed by atoms with Gasteiger partial charge < -0.3 is 9.84 Å². The molecule has 0 aliphatic heterocycles. The maximum atomic E-state index is 11.2. The monoisotopic (exact) mass is 554 g/mol. The second kappa shape index (κ2) is 12.1. The number of hydrogen-bond acceptors (Lipinski definition) is 5. The fraction of sp³-hybridized carbons (Fsp3) is 0.130. The van der Waals surface area contributed by atoms with E-state index in [1.807, 2.05) is 6.07 Å². The number of aromatic carboxylic acids is 1. The second-order valence-electron chi connectivity index (χ2n) is 7.07. The number of hydrogen-bond donors (Lipinski definition) is 1. The van der Waals surface area contributed by atoms with Gasteiger partial charge in [0.05, 0.1) is 20.2 Å². The number of esters is 1. The summed E-state index contributed by atoms with van der Waals surface area (Å²) in [6.07, 6.45) is 3.28. The molecule has 2 aromatic heterocycles. The fourth-order valence-electron chi connectivity index (χ4n) is 2.88. The van der Waals surface area contributed by atoms with E-state index in [0.717, 1.165) is 11.1 Å². The number of rotatable bonds is 6. The van der Waals surface area contributed by atoms with Crippen LogP contribution in [0, 0.1) is 0 Å². The third kappa shape index (κ3) is 7.47. The number of methoxy groups -OCH3 is 1. The van der Waals surface area contributed by atoms with E-state index in [1.165, 1.54) is 17.9 Å². The smallest absolute Gasteiger partial charge is 0.358 e. The lowest BCUT2D eigenvalue weighted by atomic mass is 10.2. The third-order valence-electron chi connectivity index (χ3n) is 4.59. The highest BCUT2D eigenvalue weighted by Gasteiger charge is 2.10. The predicted molar refractivity (Wildman–Crippen MR) is 134 cm³/mol. The zero-order valence-corrected chi connectivity index (χ0v) is 21.2. The van der Waals surface area contributed by atoms with Gasteiger partial charge in [0.1, 0.15) is 0 Å². The maximum Gasteiger partial charge on any atom is 0.358 e. The van der Waals surface area contributed by atoms with E-state index in [1.54, 1.807) is 53.5 Å². The standard InChI is InChI=1S/C12H10Cl2N2O2.C11H8Cl2N2O2/c1-18-12(17)11-4-5-16(15-11)7-8-2-3-9(13)6-10(8)14;12-8-2-1-7(9(13)5-8)6-15-4-3-10(14-15)11(16)17/h2-6H,7H2,1H3;1-5H,6H2,(H,16,17). The van der Waals surface area contributed by atoms with Crippen molar-refractivity contribution in [1.82, 2.24) is 19.6 Å². The van der Waals surface area contributed by atoms with Crippen molar-refractivity contribution in [2.24, 2.45) is 0 Å². The van der Waals surface area contributed by atoms with Crippen LogP contribution in [-0.4, -0.2) is 43.7 Å². The van der Waals surface area contributed by atoms with Gasteiger partial charge in [-0.1, -0.05) is 58.5 Å². The van der Waals surface area contributed by atoms with Gasteiger partial charge in [0.25, 0.3) is 0 Å². The van der Waals surface area contributed by atoms with Crippen LogP contribution in [-0.2, 0) is 17.8 Å². The molecule has 182 valence electrons. The van der Waals surface area contributed by atoms with E-state index in [-0.39, 0.29) is 11.4 Å². The molecule has 4 aromatic rings. The number of benzene rings is 2. The summed E-state index contributed by atoms with van der Waals surface area (Å²) in [6, 6.07) is 13.4. The van der Waals surface area contributed by atoms with Crippen molar-refractivity contribution in [2.45, 2.75) is 13.1 Å². The van der Waals surface area contributed by atoms with Crippen molar-refractivity contribution in [1.29, 1.82) is 0 Å². The Balaban J connectivity index is 0.000000196. The molecule has 0 bridgehead atoms. The molecule has 0 atom stereocenters. The normalized spacial score (nSPS) is 10.4. The van der Waals surface area contributed by atoms with Crippen LogP contribution in [0.15, 0.2) is 60.9 Å². The fourth-order valence-corrected chi connectivity index (χ4v) is 3.81. The van der Waals surface area contributed by atoms with Crippen LogP contribution in [0.4, 0.5) is 0 Å². The van der Waals surface area contributed by atoms with Gasteiger partial charge in [-0.25, -0.2) is 9.59 Å². The molecular formula is C23H18Cl4N4O4. The summed E-state index contributed by atoms with van der Waals surface area (Å²) in [5.74, 6) is -1.51. The summed E-state index contributed by atoms with van der Waals surface area (Å²) < 4.78 is 7.71. The Morgan fingerprint density at radius 3 is 1.66 bits per heavy atom. The SMILES string of the molecule is COC(=O)c1ccn(Cc2ccc(Cl)cc2Cl)n1.O=C(O)c1ccn(Cc2ccc(Cl)cc2Cl)n1. The molecule has 0 aliphatic rings. The minimum atomic E-state index is -1.05. The third-order valence-corrected chi connectivity index (χ3v) is 5.76. The van der Waals surface area contributed by atoms with Crippen molar-refractivity contribution in [3.05, 3.63) is 104 Å². The van der Waals surface area contributed by atoms with Crippen LogP contribution in [0.1, 0.15) is 32.1 Å². The van der Waals surface area contributed by atoms with Crippen LogP contribution in [0.2, 0.25) is 20.1 Å². The first-order valence-corrected chi connectivity index (χ1v) is 11.4. The topological polar surface area (TPSA) is 99.2 Å². The Labute approximate surface area is 220 Å². The highest BCUT2D eigenvalue weighted by Crippen LogP contribution is 2.22. The molecule has 0 spiro atoms. The number of carboxylic acids is 1. The molecule has 2 heterocycles. The molecule has 8 nitrogen and oxygen atoms in total. The molecule has 0 fully saturated rings. The Morgan fingerprint density at radius 1 is 0.800 bits per heavy atom. The van der Waals surface area contributed by atoms with E-state index in [4.69, 9.17) is 51.5 Å². The molecule has 12 heteroatoms. The molecule has 2 aromatic carbocycles. The molecule has 0 radical (unpaired) electrons. The lowest BCUT2D eigenvalue weighted by Gasteiger charge is -2.04. The van der Waals surface area contributed by atoms with Gasteiger partial charge in [0, 0.05) is 32.5 Å². The van der Waals surface area contributed by atoms with Crippen LogP contribution in [0.5, 0.6) is 0 Å². The second-order valence-corrected chi connectivity index (χ2v) is 8.75. The summed E-state index contributed by atoms with van der Waals surface area (Å²) in [6.45, 7) is 0.871. The highest BCUT2D eigenvalue weighted by atomic mass is 35.5. The summed E-state index contributed by atoms with van der Waals surface area (Å²) in [7, 11) is 1.32. The van der Waals surface area contributed by atoms with Crippen LogP contribution in [0.3, 0.4) is 0 Å². The zero-order chi connectivity index (χ0) is 25.5. The predicted octanol–water partition coefficient (Wildman–Crippen LogP) is 5.96. The first-order chi connectivity index (χ1) is 16.7. The number of carbonyl (C=O) groups excluding carboxylic acids is 1. The van der Waals surface area contributed by atoms with Crippen molar-refractivity contribution >= 4 is 58.3 Å². The molecule has 0 saturated heterocycles. The lowest BCUT2D eigenvalue weighted by molar-refractivity contribution is 0.0592. The number of carboxylic acid groups (broad SMARTS) is 1. The van der Waals surface area contributed by atoms with Gasteiger partial charge in [0.15, 0.2) is 11.4 Å². The van der Waals surface area contributed by atoms with E-state index in [2.05, 4.69) is 14.9 Å². The van der Waals surface area contributed by atoms with Crippen molar-refractivity contribution in [2.75, 3.05) is 7.11 Å². The average molecular weight is 556 g/mol. The Hall–Kier alpha value is -3.04. The molecule has 1 N–H and O–H groups in total. The Kier molecular flexibility index (Phi) is 9.17. The van der Waals surface area contributed by atoms with Crippen molar-refractivity contribution in [3.8, 4) is 0 Å². The van der Waals surface area contributed by atoms with Crippen LogP contribution < -0.4 is 0 Å². The summed E-state index contributed by atoms with van der Waals surface area (Å²) in [5.41, 5.74) is 1.98. The van der Waals surface area contributed by atoms with E-state index in [9.17, 15) is 9.59 Å². The average Bonchev–Trinajstić information content (AvgIpc) is 3.47.